The largest absolute Gasteiger partial charge is 0.492 e. The Labute approximate surface area is 143 Å². The lowest BCUT2D eigenvalue weighted by Gasteiger charge is -2.20. The van der Waals surface area contributed by atoms with E-state index in [1.165, 1.54) is 12.1 Å². The summed E-state index contributed by atoms with van der Waals surface area (Å²) in [5.41, 5.74) is 5.55. The van der Waals surface area contributed by atoms with Crippen LogP contribution in [0.1, 0.15) is 10.4 Å². The zero-order valence-corrected chi connectivity index (χ0v) is 13.4. The highest BCUT2D eigenvalue weighted by molar-refractivity contribution is 5.88. The van der Waals surface area contributed by atoms with Gasteiger partial charge in [-0.1, -0.05) is 24.3 Å². The van der Waals surface area contributed by atoms with Crippen LogP contribution in [0, 0.1) is 0 Å². The minimum atomic E-state index is -0.982. The van der Waals surface area contributed by atoms with E-state index in [-0.39, 0.29) is 16.9 Å². The van der Waals surface area contributed by atoms with E-state index in [1.807, 2.05) is 42.4 Å². The predicted molar refractivity (Wildman–Crippen MR) is 93.6 cm³/mol. The Morgan fingerprint density at radius 1 is 1.08 bits per heavy atom. The Bertz CT molecular complexity index is 996. The number of hydrogen-bond donors (Lipinski definition) is 3. The molecule has 0 bridgehead atoms. The number of aliphatic hydroxyl groups excluding tert-OH is 1. The number of aromatic carboxylic acids is 1. The van der Waals surface area contributed by atoms with E-state index in [4.69, 9.17) is 5.11 Å². The number of aliphatic hydroxyl groups is 1. The summed E-state index contributed by atoms with van der Waals surface area (Å²) in [6.07, 6.45) is 1.96. The van der Waals surface area contributed by atoms with Gasteiger partial charge in [0.15, 0.2) is 0 Å². The molecule has 0 spiro atoms. The van der Waals surface area contributed by atoms with E-state index in [9.17, 15) is 9.90 Å². The highest BCUT2D eigenvalue weighted by atomic mass is 16.4. The van der Waals surface area contributed by atoms with Gasteiger partial charge in [-0.05, 0) is 24.3 Å². The lowest BCUT2D eigenvalue weighted by atomic mass is 10.1. The van der Waals surface area contributed by atoms with Crippen LogP contribution in [0.2, 0.25) is 0 Å². The maximum atomic E-state index is 11.0. The average Bonchev–Trinajstić information content (AvgIpc) is 2.93. The van der Waals surface area contributed by atoms with Crippen LogP contribution in [-0.2, 0) is 0 Å². The van der Waals surface area contributed by atoms with Gasteiger partial charge in [0.25, 0.3) is 0 Å². The highest BCUT2D eigenvalue weighted by Gasteiger charge is 2.31. The van der Waals surface area contributed by atoms with E-state index >= 15 is 0 Å². The Hall–Kier alpha value is -3.45. The Morgan fingerprint density at radius 3 is 2.44 bits per heavy atom. The number of nitrogens with zero attached hydrogens (tertiary/aromatic N) is 2. The molecule has 2 aliphatic rings. The molecule has 0 radical (unpaired) electrons. The molecule has 128 valence electrons. The van der Waals surface area contributed by atoms with Crippen LogP contribution in [0.5, 0.6) is 0 Å². The number of hydrazine groups is 1. The highest BCUT2D eigenvalue weighted by Crippen LogP contribution is 2.30. The molecule has 2 aromatic carbocycles. The molecule has 2 aliphatic heterocycles. The number of hydrogen-bond acceptors (Lipinski definition) is 5. The summed E-state index contributed by atoms with van der Waals surface area (Å²) >= 11 is 0. The van der Waals surface area contributed by atoms with E-state index in [2.05, 4.69) is 5.43 Å². The first kappa shape index (κ1) is 16.4. The number of carboxylic acid groups (broad SMARTS) is 1. The first-order valence-electron chi connectivity index (χ1n) is 7.44. The zero-order chi connectivity index (χ0) is 16.8. The smallest absolute Gasteiger partial charge is 0.335 e. The summed E-state index contributed by atoms with van der Waals surface area (Å²) in [7, 11) is 1.88. The molecule has 0 unspecified atom stereocenters. The fourth-order valence-corrected chi connectivity index (χ4v) is 3.01. The summed E-state index contributed by atoms with van der Waals surface area (Å²) in [6.45, 7) is 0. The van der Waals surface area contributed by atoms with E-state index in [1.54, 1.807) is 17.1 Å². The van der Waals surface area contributed by atoms with Crippen LogP contribution >= 0.6 is 0 Å². The molecule has 25 heavy (non-hydrogen) atoms. The quantitative estimate of drug-likeness (QED) is 0.716. The Kier molecular flexibility index (Phi) is 3.86. The van der Waals surface area contributed by atoms with Crippen molar-refractivity contribution in [1.82, 2.24) is 10.3 Å². The topological polar surface area (TPSA) is 108 Å². The molecule has 4 rings (SSSR count). The molecule has 0 atom stereocenters. The first-order valence-corrected chi connectivity index (χ1v) is 7.44. The monoisotopic (exact) mass is 339 g/mol. The van der Waals surface area contributed by atoms with Crippen molar-refractivity contribution in [3.8, 4) is 0 Å². The summed E-state index contributed by atoms with van der Waals surface area (Å²) in [5.74, 6) is -0.911. The molecule has 2 heterocycles. The van der Waals surface area contributed by atoms with Crippen LogP contribution in [0.15, 0.2) is 60.1 Å². The van der Waals surface area contributed by atoms with Gasteiger partial charge in [0, 0.05) is 23.7 Å². The van der Waals surface area contributed by atoms with Crippen molar-refractivity contribution in [2.75, 3.05) is 12.1 Å². The minimum absolute atomic E-state index is 0. The van der Waals surface area contributed by atoms with Crippen LogP contribution in [0.3, 0.4) is 0 Å². The van der Waals surface area contributed by atoms with Crippen molar-refractivity contribution in [2.45, 2.75) is 0 Å². The van der Waals surface area contributed by atoms with Gasteiger partial charge in [-0.3, -0.25) is 5.43 Å². The summed E-state index contributed by atoms with van der Waals surface area (Å²) in [4.78, 5) is 12.8. The fourth-order valence-electron chi connectivity index (χ4n) is 3.01. The number of carboxylic acids is 1. The van der Waals surface area contributed by atoms with Crippen LogP contribution in [0.25, 0.3) is 11.9 Å². The minimum Gasteiger partial charge on any atom is -0.492 e. The third-order valence-electron chi connectivity index (χ3n) is 4.17. The van der Waals surface area contributed by atoms with Crippen LogP contribution in [0.4, 0.5) is 5.69 Å². The van der Waals surface area contributed by atoms with Gasteiger partial charge in [0.1, 0.15) is 5.70 Å². The molecule has 0 aromatic heterocycles. The zero-order valence-electron chi connectivity index (χ0n) is 13.4. The molecule has 7 heteroatoms. The third-order valence-corrected chi connectivity index (χ3v) is 4.17. The number of carbonyl (C=O) groups is 1. The summed E-state index contributed by atoms with van der Waals surface area (Å²) in [6, 6.07) is 14.2. The molecule has 0 fully saturated rings. The molecule has 2 aromatic rings. The van der Waals surface area contributed by atoms with Gasteiger partial charge in [-0.25, -0.2) is 9.80 Å². The second-order valence-corrected chi connectivity index (χ2v) is 5.67. The summed E-state index contributed by atoms with van der Waals surface area (Å²) in [5, 5.41) is 23.3. The number of rotatable bonds is 2. The molecule has 7 nitrogen and oxygen atoms in total. The number of nitrogens with one attached hydrogen (secondary N) is 1. The average molecular weight is 339 g/mol. The van der Waals surface area contributed by atoms with Crippen molar-refractivity contribution in [1.29, 1.82) is 0 Å². The van der Waals surface area contributed by atoms with Gasteiger partial charge in [0.05, 0.1) is 16.9 Å². The number of benzene rings is 2. The predicted octanol–water partition coefficient (Wildman–Crippen LogP) is 0.104. The fraction of sp³-hybridized carbons (Fsp3) is 0.0556. The maximum Gasteiger partial charge on any atom is 0.335 e. The molecule has 0 amide bonds. The standard InChI is InChI=1S/C18H15N3O3.H2O/c1-20-10-12-4-2-3-5-14(12)15-16(20)17(22)21(19-15)13-8-6-11(7-9-13)18(23)24;/h2-10,19,22H,1H3,(H,23,24);1H2. The Balaban J connectivity index is 0.00000182. The van der Waals surface area contributed by atoms with Gasteiger partial charge in [0.2, 0.25) is 5.88 Å². The molecule has 0 aliphatic carbocycles. The number of likely N-dealkylation sites (N-methyl/N-ethyl adjacent to an activating group) is 1. The van der Waals surface area contributed by atoms with Gasteiger partial charge >= 0.3 is 5.97 Å². The van der Waals surface area contributed by atoms with Crippen molar-refractivity contribution in [3.05, 3.63) is 76.1 Å². The SMILES string of the molecule is CN1C=c2ccccc2=C2NN(c3ccc(C(=O)O)cc3)C(O)=C21.O. The van der Waals surface area contributed by atoms with Crippen molar-refractivity contribution in [2.24, 2.45) is 0 Å². The summed E-state index contributed by atoms with van der Waals surface area (Å²) < 4.78 is 0. The normalized spacial score (nSPS) is 15.0. The molecular weight excluding hydrogens is 322 g/mol. The molecule has 0 saturated carbocycles. The van der Waals surface area contributed by atoms with Crippen LogP contribution < -0.4 is 20.9 Å². The first-order chi connectivity index (χ1) is 11.6. The molecular formula is C18H17N3O4. The second kappa shape index (κ2) is 5.88. The molecule has 0 saturated heterocycles. The van der Waals surface area contributed by atoms with E-state index in [0.29, 0.717) is 11.4 Å². The van der Waals surface area contributed by atoms with Gasteiger partial charge < -0.3 is 20.6 Å². The lowest BCUT2D eigenvalue weighted by molar-refractivity contribution is 0.0697. The van der Waals surface area contributed by atoms with Crippen molar-refractivity contribution < 1.29 is 20.5 Å². The van der Waals surface area contributed by atoms with Crippen molar-refractivity contribution in [3.63, 3.8) is 0 Å². The van der Waals surface area contributed by atoms with Gasteiger partial charge in [-0.2, -0.15) is 0 Å². The third kappa shape index (κ3) is 2.47. The van der Waals surface area contributed by atoms with E-state index < -0.39 is 5.97 Å². The second-order valence-electron chi connectivity index (χ2n) is 5.67. The number of anilines is 1. The molecule has 5 N–H and O–H groups in total. The maximum absolute atomic E-state index is 11.0. The van der Waals surface area contributed by atoms with E-state index in [0.717, 1.165) is 16.1 Å². The van der Waals surface area contributed by atoms with Crippen LogP contribution in [-0.4, -0.2) is 33.6 Å². The van der Waals surface area contributed by atoms with Crippen molar-refractivity contribution >= 4 is 23.6 Å². The van der Waals surface area contributed by atoms with Gasteiger partial charge in [-0.15, -0.1) is 0 Å². The lowest BCUT2D eigenvalue weighted by Crippen LogP contribution is -2.40. The number of fused-ring (bicyclic) bond motifs is 2. The Morgan fingerprint density at radius 2 is 1.76 bits per heavy atom.